The van der Waals surface area contributed by atoms with Crippen molar-refractivity contribution in [3.63, 3.8) is 0 Å². The van der Waals surface area contributed by atoms with Crippen LogP contribution in [-0.4, -0.2) is 13.1 Å². The van der Waals surface area contributed by atoms with Gasteiger partial charge in [0.15, 0.2) is 0 Å². The quantitative estimate of drug-likeness (QED) is 0.490. The van der Waals surface area contributed by atoms with Gasteiger partial charge in [0.05, 0.1) is 0 Å². The Balaban J connectivity index is 2.01. The molecule has 1 saturated carbocycles. The average Bonchev–Trinajstić information content (AvgIpc) is 2.07. The first-order chi connectivity index (χ1) is 3.91. The van der Waals surface area contributed by atoms with Gasteiger partial charge in [-0.1, -0.05) is 0 Å². The van der Waals surface area contributed by atoms with Crippen LogP contribution in [0, 0.1) is 11.8 Å². The van der Waals surface area contributed by atoms with Crippen LogP contribution in [-0.2, 0) is 0 Å². The van der Waals surface area contributed by atoms with E-state index in [2.05, 4.69) is 11.7 Å². The molecule has 1 aliphatic heterocycles. The molecule has 2 aliphatic rings. The Morgan fingerprint density at radius 3 is 2.50 bits per heavy atom. The Morgan fingerprint density at radius 1 is 1.38 bits per heavy atom. The fraction of sp³-hybridized carbons (Fsp3) is 0.857. The first-order valence-electron chi connectivity index (χ1n) is 3.46. The monoisotopic (exact) mass is 110 g/mol. The van der Waals surface area contributed by atoms with Crippen LogP contribution in [0.5, 0.6) is 0 Å². The molecule has 1 heterocycles. The van der Waals surface area contributed by atoms with Crippen molar-refractivity contribution < 1.29 is 0 Å². The van der Waals surface area contributed by atoms with Gasteiger partial charge in [-0.15, -0.1) is 0 Å². The highest BCUT2D eigenvalue weighted by molar-refractivity contribution is 5.06. The van der Waals surface area contributed by atoms with Crippen molar-refractivity contribution in [1.82, 2.24) is 5.32 Å². The molecule has 8 heavy (non-hydrogen) atoms. The van der Waals surface area contributed by atoms with E-state index in [1.54, 1.807) is 0 Å². The predicted molar refractivity (Wildman–Crippen MR) is 33.5 cm³/mol. The largest absolute Gasteiger partial charge is 0.316 e. The second-order valence-corrected chi connectivity index (χ2v) is 3.03. The number of hydrogen-bond donors (Lipinski definition) is 1. The Morgan fingerprint density at radius 2 is 2.25 bits per heavy atom. The van der Waals surface area contributed by atoms with E-state index >= 15 is 0 Å². The zero-order valence-corrected chi connectivity index (χ0v) is 5.11. The smallest absolute Gasteiger partial charge is 0.00111 e. The lowest BCUT2D eigenvalue weighted by Crippen LogP contribution is -2.31. The van der Waals surface area contributed by atoms with Crippen LogP contribution in [0.1, 0.15) is 19.3 Å². The van der Waals surface area contributed by atoms with Crippen molar-refractivity contribution in [2.45, 2.75) is 19.3 Å². The lowest BCUT2D eigenvalue weighted by atomic mass is 9.68. The molecular weight excluding hydrogens is 98.1 g/mol. The molecule has 0 aromatic rings. The van der Waals surface area contributed by atoms with Gasteiger partial charge < -0.3 is 5.32 Å². The molecule has 1 atom stereocenters. The first-order valence-corrected chi connectivity index (χ1v) is 3.46. The molecular formula is C7H12N. The number of nitrogens with one attached hydrogen (secondary N) is 1. The molecule has 2 fully saturated rings. The Bertz CT molecular complexity index is 86.6. The van der Waals surface area contributed by atoms with E-state index in [-0.39, 0.29) is 0 Å². The molecule has 0 aromatic heterocycles. The summed E-state index contributed by atoms with van der Waals surface area (Å²) in [5, 5.41) is 3.38. The van der Waals surface area contributed by atoms with Crippen molar-refractivity contribution >= 4 is 0 Å². The zero-order chi connectivity index (χ0) is 5.45. The van der Waals surface area contributed by atoms with Crippen molar-refractivity contribution in [3.8, 4) is 0 Å². The summed E-state index contributed by atoms with van der Waals surface area (Å²) >= 11 is 0. The molecule has 45 valence electrons. The van der Waals surface area contributed by atoms with Gasteiger partial charge in [0, 0.05) is 6.54 Å². The second-order valence-electron chi connectivity index (χ2n) is 3.03. The Kier molecular flexibility index (Phi) is 0.884. The molecule has 1 heteroatoms. The summed E-state index contributed by atoms with van der Waals surface area (Å²) in [7, 11) is 0. The number of rotatable bonds is 0. The van der Waals surface area contributed by atoms with Gasteiger partial charge in [-0.2, -0.15) is 0 Å². The van der Waals surface area contributed by atoms with Crippen LogP contribution in [0.3, 0.4) is 0 Å². The van der Waals surface area contributed by atoms with E-state index in [4.69, 9.17) is 0 Å². The van der Waals surface area contributed by atoms with Gasteiger partial charge >= 0.3 is 0 Å². The first kappa shape index (κ1) is 4.80. The van der Waals surface area contributed by atoms with Crippen LogP contribution in [0.2, 0.25) is 0 Å². The minimum Gasteiger partial charge on any atom is -0.316 e. The van der Waals surface area contributed by atoms with Crippen LogP contribution in [0.15, 0.2) is 0 Å². The standard InChI is InChI=1S/C7H12N/c1-2-7(3-1)4-5-8-6-7/h2,8H,1,3-6H2/t7-/m0/s1. The van der Waals surface area contributed by atoms with E-state index in [1.165, 1.54) is 32.4 Å². The van der Waals surface area contributed by atoms with Gasteiger partial charge in [-0.05, 0) is 37.6 Å². The second kappa shape index (κ2) is 1.47. The Labute approximate surface area is 50.5 Å². The summed E-state index contributed by atoms with van der Waals surface area (Å²) in [6.07, 6.45) is 6.68. The SMILES string of the molecule is [CH]1CC[C@]12CCNC2. The third-order valence-corrected chi connectivity index (χ3v) is 2.50. The summed E-state index contributed by atoms with van der Waals surface area (Å²) < 4.78 is 0. The summed E-state index contributed by atoms with van der Waals surface area (Å²) in [4.78, 5) is 0. The number of hydrogen-bond acceptors (Lipinski definition) is 1. The van der Waals surface area contributed by atoms with Gasteiger partial charge in [0.2, 0.25) is 0 Å². The lowest BCUT2D eigenvalue weighted by molar-refractivity contribution is 0.260. The Hall–Kier alpha value is -0.0400. The molecule has 1 aliphatic carbocycles. The molecule has 1 nitrogen and oxygen atoms in total. The van der Waals surface area contributed by atoms with Crippen LogP contribution in [0.25, 0.3) is 0 Å². The predicted octanol–water partition coefficient (Wildman–Crippen LogP) is 0.964. The lowest BCUT2D eigenvalue weighted by Gasteiger charge is -2.36. The summed E-state index contributed by atoms with van der Waals surface area (Å²) in [5.74, 6) is 0. The topological polar surface area (TPSA) is 12.0 Å². The van der Waals surface area contributed by atoms with Crippen LogP contribution < -0.4 is 5.32 Å². The maximum atomic E-state index is 3.38. The van der Waals surface area contributed by atoms with Gasteiger partial charge in [0.25, 0.3) is 0 Å². The highest BCUT2D eigenvalue weighted by Crippen LogP contribution is 2.44. The van der Waals surface area contributed by atoms with Crippen molar-refractivity contribution in [2.24, 2.45) is 5.41 Å². The van der Waals surface area contributed by atoms with Crippen LogP contribution in [0.4, 0.5) is 0 Å². The van der Waals surface area contributed by atoms with Crippen molar-refractivity contribution in [2.75, 3.05) is 13.1 Å². The van der Waals surface area contributed by atoms with E-state index in [0.29, 0.717) is 5.41 Å². The summed E-state index contributed by atoms with van der Waals surface area (Å²) in [6, 6.07) is 0. The minimum absolute atomic E-state index is 0.681. The maximum absolute atomic E-state index is 3.38. The molecule has 0 amide bonds. The van der Waals surface area contributed by atoms with Crippen molar-refractivity contribution in [3.05, 3.63) is 6.42 Å². The van der Waals surface area contributed by atoms with E-state index in [9.17, 15) is 0 Å². The maximum Gasteiger partial charge on any atom is 0.00111 e. The summed E-state index contributed by atoms with van der Waals surface area (Å²) in [6.45, 7) is 2.50. The fourth-order valence-electron chi connectivity index (χ4n) is 1.70. The third kappa shape index (κ3) is 0.510. The average molecular weight is 110 g/mol. The molecule has 0 aromatic carbocycles. The molecule has 0 bridgehead atoms. The summed E-state index contributed by atoms with van der Waals surface area (Å²) in [5.41, 5.74) is 0.681. The van der Waals surface area contributed by atoms with E-state index in [0.717, 1.165) is 0 Å². The molecule has 0 unspecified atom stereocenters. The van der Waals surface area contributed by atoms with Gasteiger partial charge in [-0.25, -0.2) is 0 Å². The molecule has 2 rings (SSSR count). The minimum atomic E-state index is 0.681. The van der Waals surface area contributed by atoms with Gasteiger partial charge in [-0.3, -0.25) is 0 Å². The van der Waals surface area contributed by atoms with E-state index in [1.807, 2.05) is 0 Å². The van der Waals surface area contributed by atoms with Gasteiger partial charge in [0.1, 0.15) is 0 Å². The molecule has 1 N–H and O–H groups in total. The highest BCUT2D eigenvalue weighted by Gasteiger charge is 2.39. The molecule has 1 saturated heterocycles. The van der Waals surface area contributed by atoms with Crippen molar-refractivity contribution in [1.29, 1.82) is 0 Å². The zero-order valence-electron chi connectivity index (χ0n) is 5.11. The highest BCUT2D eigenvalue weighted by atomic mass is 14.9. The fourth-order valence-corrected chi connectivity index (χ4v) is 1.70. The molecule has 1 radical (unpaired) electrons. The third-order valence-electron chi connectivity index (χ3n) is 2.50. The normalized spacial score (nSPS) is 33.0. The van der Waals surface area contributed by atoms with E-state index < -0.39 is 0 Å². The van der Waals surface area contributed by atoms with Crippen LogP contribution >= 0.6 is 0 Å². The molecule has 1 spiro atoms.